The van der Waals surface area contributed by atoms with E-state index in [-0.39, 0.29) is 17.3 Å². The van der Waals surface area contributed by atoms with Gasteiger partial charge in [-0.3, -0.25) is 4.79 Å². The predicted molar refractivity (Wildman–Crippen MR) is 70.9 cm³/mol. The number of thiocarbonyl (C=S) groups is 1. The summed E-state index contributed by atoms with van der Waals surface area (Å²) >= 11 is 4.71. The number of nitrogens with two attached hydrogens (primary N) is 1. The number of rotatable bonds is 5. The first kappa shape index (κ1) is 13.4. The number of carbonyl (C=O) groups excluding carboxylic acids is 1. The second-order valence-corrected chi connectivity index (χ2v) is 4.23. The van der Waals surface area contributed by atoms with Crippen molar-refractivity contribution in [3.05, 3.63) is 29.8 Å². The van der Waals surface area contributed by atoms with Crippen molar-refractivity contribution in [2.75, 3.05) is 14.2 Å². The highest BCUT2D eigenvalue weighted by atomic mass is 32.1. The Morgan fingerprint density at radius 1 is 1.47 bits per heavy atom. The highest BCUT2D eigenvalue weighted by Gasteiger charge is 2.12. The predicted octanol–water partition coefficient (Wildman–Crippen LogP) is 1.33. The quantitative estimate of drug-likeness (QED) is 0.803. The summed E-state index contributed by atoms with van der Waals surface area (Å²) in [5, 5.41) is 0. The first-order chi connectivity index (χ1) is 8.04. The standard InChI is InChI=1S/C12H16N2O2S/c1-14(12(15)7-11(13)17)8-9-5-3-4-6-10(9)16-2/h3-6H,7-8H2,1-2H3,(H2,13,17). The number of hydrogen-bond acceptors (Lipinski definition) is 3. The van der Waals surface area contributed by atoms with E-state index in [9.17, 15) is 4.79 Å². The third-order valence-electron chi connectivity index (χ3n) is 2.35. The first-order valence-electron chi connectivity index (χ1n) is 5.18. The van der Waals surface area contributed by atoms with Gasteiger partial charge in [0.25, 0.3) is 0 Å². The second-order valence-electron chi connectivity index (χ2n) is 3.70. The Kier molecular flexibility index (Phi) is 4.90. The zero-order valence-electron chi connectivity index (χ0n) is 9.97. The molecule has 0 saturated carbocycles. The summed E-state index contributed by atoms with van der Waals surface area (Å²) < 4.78 is 5.22. The lowest BCUT2D eigenvalue weighted by atomic mass is 10.2. The average molecular weight is 252 g/mol. The number of carbonyl (C=O) groups is 1. The lowest BCUT2D eigenvalue weighted by Crippen LogP contribution is -2.29. The molecule has 5 heteroatoms. The van der Waals surface area contributed by atoms with Crippen molar-refractivity contribution in [1.29, 1.82) is 0 Å². The van der Waals surface area contributed by atoms with E-state index in [4.69, 9.17) is 22.7 Å². The van der Waals surface area contributed by atoms with Gasteiger partial charge in [-0.05, 0) is 6.07 Å². The van der Waals surface area contributed by atoms with Crippen LogP contribution in [0, 0.1) is 0 Å². The molecule has 0 atom stereocenters. The van der Waals surface area contributed by atoms with E-state index in [1.165, 1.54) is 0 Å². The van der Waals surface area contributed by atoms with Crippen LogP contribution in [-0.4, -0.2) is 30.0 Å². The van der Waals surface area contributed by atoms with Crippen LogP contribution in [0.5, 0.6) is 5.75 Å². The van der Waals surface area contributed by atoms with E-state index in [0.29, 0.717) is 6.54 Å². The van der Waals surface area contributed by atoms with Crippen LogP contribution in [0.4, 0.5) is 0 Å². The van der Waals surface area contributed by atoms with Gasteiger partial charge in [-0.15, -0.1) is 0 Å². The van der Waals surface area contributed by atoms with Crippen molar-refractivity contribution in [3.8, 4) is 5.75 Å². The Morgan fingerprint density at radius 2 is 2.12 bits per heavy atom. The molecule has 0 aliphatic carbocycles. The minimum Gasteiger partial charge on any atom is -0.496 e. The van der Waals surface area contributed by atoms with Crippen LogP contribution in [0.25, 0.3) is 0 Å². The van der Waals surface area contributed by atoms with E-state index < -0.39 is 0 Å². The van der Waals surface area contributed by atoms with Crippen LogP contribution in [0.1, 0.15) is 12.0 Å². The molecular formula is C12H16N2O2S. The van der Waals surface area contributed by atoms with Gasteiger partial charge in [-0.1, -0.05) is 30.4 Å². The molecule has 0 unspecified atom stereocenters. The monoisotopic (exact) mass is 252 g/mol. The molecule has 0 fully saturated rings. The van der Waals surface area contributed by atoms with Gasteiger partial charge < -0.3 is 15.4 Å². The normalized spacial score (nSPS) is 9.76. The Balaban J connectivity index is 2.70. The lowest BCUT2D eigenvalue weighted by molar-refractivity contribution is -0.129. The number of benzene rings is 1. The molecule has 17 heavy (non-hydrogen) atoms. The van der Waals surface area contributed by atoms with Gasteiger partial charge in [-0.2, -0.15) is 0 Å². The van der Waals surface area contributed by atoms with E-state index in [1.807, 2.05) is 24.3 Å². The number of methoxy groups -OCH3 is 1. The number of para-hydroxylation sites is 1. The first-order valence-corrected chi connectivity index (χ1v) is 5.59. The van der Waals surface area contributed by atoms with Crippen molar-refractivity contribution >= 4 is 23.1 Å². The summed E-state index contributed by atoms with van der Waals surface area (Å²) in [6.45, 7) is 0.478. The molecule has 1 aromatic rings. The van der Waals surface area contributed by atoms with Gasteiger partial charge >= 0.3 is 0 Å². The van der Waals surface area contributed by atoms with Crippen LogP contribution in [0.3, 0.4) is 0 Å². The lowest BCUT2D eigenvalue weighted by Gasteiger charge is -2.18. The minimum atomic E-state index is -0.0941. The molecule has 0 aliphatic rings. The van der Waals surface area contributed by atoms with E-state index in [1.54, 1.807) is 19.1 Å². The largest absolute Gasteiger partial charge is 0.496 e. The fraction of sp³-hybridized carbons (Fsp3) is 0.333. The maximum absolute atomic E-state index is 11.7. The number of ether oxygens (including phenoxy) is 1. The fourth-order valence-corrected chi connectivity index (χ4v) is 1.58. The Hall–Kier alpha value is -1.62. The van der Waals surface area contributed by atoms with Crippen LogP contribution in [-0.2, 0) is 11.3 Å². The van der Waals surface area contributed by atoms with Crippen LogP contribution in [0.2, 0.25) is 0 Å². The zero-order valence-corrected chi connectivity index (χ0v) is 10.8. The molecule has 2 N–H and O–H groups in total. The maximum Gasteiger partial charge on any atom is 0.229 e. The molecule has 1 aromatic carbocycles. The number of hydrogen-bond donors (Lipinski definition) is 1. The summed E-state index contributed by atoms with van der Waals surface area (Å²) in [5.41, 5.74) is 6.29. The van der Waals surface area contributed by atoms with Crippen molar-refractivity contribution in [2.45, 2.75) is 13.0 Å². The molecule has 0 aromatic heterocycles. The molecule has 0 radical (unpaired) electrons. The molecule has 0 aliphatic heterocycles. The summed E-state index contributed by atoms with van der Waals surface area (Å²) in [4.78, 5) is 13.5. The average Bonchev–Trinajstić information content (AvgIpc) is 2.28. The number of amides is 1. The molecule has 0 bridgehead atoms. The number of nitrogens with zero attached hydrogens (tertiary/aromatic N) is 1. The summed E-state index contributed by atoms with van der Waals surface area (Å²) in [5.74, 6) is 0.672. The Bertz CT molecular complexity index is 421. The molecule has 1 rings (SSSR count). The van der Waals surface area contributed by atoms with Crippen LogP contribution < -0.4 is 10.5 Å². The molecule has 4 nitrogen and oxygen atoms in total. The van der Waals surface area contributed by atoms with Gasteiger partial charge in [0.15, 0.2) is 0 Å². The van der Waals surface area contributed by atoms with Gasteiger partial charge in [0.2, 0.25) is 5.91 Å². The minimum absolute atomic E-state index is 0.0941. The summed E-state index contributed by atoms with van der Waals surface area (Å²) in [6.07, 6.45) is 0.0982. The van der Waals surface area contributed by atoms with Gasteiger partial charge in [-0.25, -0.2) is 0 Å². The van der Waals surface area contributed by atoms with E-state index in [0.717, 1.165) is 11.3 Å². The summed E-state index contributed by atoms with van der Waals surface area (Å²) in [6, 6.07) is 7.58. The molecular weight excluding hydrogens is 236 g/mol. The van der Waals surface area contributed by atoms with E-state index in [2.05, 4.69) is 0 Å². The molecule has 0 saturated heterocycles. The third kappa shape index (κ3) is 4.03. The fourth-order valence-electron chi connectivity index (χ4n) is 1.46. The Labute approximate surface area is 106 Å². The zero-order chi connectivity index (χ0) is 12.8. The highest BCUT2D eigenvalue weighted by Crippen LogP contribution is 2.18. The van der Waals surface area contributed by atoms with Crippen molar-refractivity contribution in [3.63, 3.8) is 0 Å². The van der Waals surface area contributed by atoms with Crippen molar-refractivity contribution in [1.82, 2.24) is 4.90 Å². The second kappa shape index (κ2) is 6.20. The van der Waals surface area contributed by atoms with Crippen molar-refractivity contribution < 1.29 is 9.53 Å². The molecule has 0 heterocycles. The smallest absolute Gasteiger partial charge is 0.229 e. The Morgan fingerprint density at radius 3 is 2.71 bits per heavy atom. The molecule has 1 amide bonds. The third-order valence-corrected chi connectivity index (χ3v) is 2.50. The van der Waals surface area contributed by atoms with Crippen LogP contribution in [0.15, 0.2) is 24.3 Å². The van der Waals surface area contributed by atoms with E-state index >= 15 is 0 Å². The highest BCUT2D eigenvalue weighted by molar-refractivity contribution is 7.80. The maximum atomic E-state index is 11.7. The topological polar surface area (TPSA) is 55.6 Å². The van der Waals surface area contributed by atoms with Gasteiger partial charge in [0.1, 0.15) is 5.75 Å². The summed E-state index contributed by atoms with van der Waals surface area (Å²) in [7, 11) is 3.32. The molecule has 0 spiro atoms. The molecule has 92 valence electrons. The van der Waals surface area contributed by atoms with Gasteiger partial charge in [0, 0.05) is 19.2 Å². The van der Waals surface area contributed by atoms with Gasteiger partial charge in [0.05, 0.1) is 18.5 Å². The van der Waals surface area contributed by atoms with Crippen LogP contribution >= 0.6 is 12.2 Å². The SMILES string of the molecule is COc1ccccc1CN(C)C(=O)CC(N)=S. The van der Waals surface area contributed by atoms with Crippen molar-refractivity contribution in [2.24, 2.45) is 5.73 Å².